The van der Waals surface area contributed by atoms with Gasteiger partial charge in [-0.25, -0.2) is 9.18 Å². The van der Waals surface area contributed by atoms with Gasteiger partial charge in [0, 0.05) is 23.7 Å². The third-order valence-electron chi connectivity index (χ3n) is 5.99. The van der Waals surface area contributed by atoms with E-state index in [-0.39, 0.29) is 18.8 Å². The maximum atomic E-state index is 14.8. The molecular weight excluding hydrogens is 512 g/mol. The van der Waals surface area contributed by atoms with E-state index in [2.05, 4.69) is 5.32 Å². The topological polar surface area (TPSA) is 84.2 Å². The third-order valence-corrected chi connectivity index (χ3v) is 6.53. The Balaban J connectivity index is 1.19. The first-order valence-corrected chi connectivity index (χ1v) is 12.1. The Hall–Kier alpha value is -3.27. The standard InChI is InChI=1S/C25H22Cl2FN3O5/c26-15-1-3-18(19(27)11-15)22-5-6-23(36-22)24(32)29-13-17-14-31(25(33)35-17)16-2-4-21(20(28)12-16)30-7-9-34-10-8-30/h1-6,11-12,17H,7-10,13-14H2,(H,29,32)/t17-/m0/s1. The predicted octanol–water partition coefficient (Wildman–Crippen LogP) is 4.98. The fourth-order valence-electron chi connectivity index (χ4n) is 4.15. The summed E-state index contributed by atoms with van der Waals surface area (Å²) < 4.78 is 31.1. The number of amides is 2. The quantitative estimate of drug-likeness (QED) is 0.480. The number of hydrogen-bond donors (Lipinski definition) is 1. The third kappa shape index (κ3) is 5.13. The van der Waals surface area contributed by atoms with Crippen LogP contribution < -0.4 is 15.1 Å². The number of nitrogens with one attached hydrogen (secondary N) is 1. The van der Waals surface area contributed by atoms with E-state index < -0.39 is 23.9 Å². The number of nitrogens with zero attached hydrogens (tertiary/aromatic N) is 2. The molecule has 5 rings (SSSR count). The number of morpholine rings is 1. The minimum absolute atomic E-state index is 0.0627. The molecule has 2 amide bonds. The summed E-state index contributed by atoms with van der Waals surface area (Å²) in [5, 5.41) is 3.59. The van der Waals surface area contributed by atoms with Gasteiger partial charge in [-0.2, -0.15) is 0 Å². The number of ether oxygens (including phenoxy) is 2. The first-order valence-electron chi connectivity index (χ1n) is 11.3. The van der Waals surface area contributed by atoms with Gasteiger partial charge in [0.15, 0.2) is 5.76 Å². The van der Waals surface area contributed by atoms with Gasteiger partial charge < -0.3 is 24.1 Å². The van der Waals surface area contributed by atoms with Gasteiger partial charge in [0.1, 0.15) is 17.7 Å². The summed E-state index contributed by atoms with van der Waals surface area (Å²) in [5.74, 6) is -0.393. The van der Waals surface area contributed by atoms with Crippen molar-refractivity contribution in [3.63, 3.8) is 0 Å². The van der Waals surface area contributed by atoms with Crippen molar-refractivity contribution in [2.45, 2.75) is 6.10 Å². The molecule has 8 nitrogen and oxygen atoms in total. The molecule has 2 aliphatic rings. The molecule has 0 bridgehead atoms. The van der Waals surface area contributed by atoms with Gasteiger partial charge in [-0.3, -0.25) is 9.69 Å². The smallest absolute Gasteiger partial charge is 0.414 e. The number of benzene rings is 2. The summed E-state index contributed by atoms with van der Waals surface area (Å²) in [6, 6.07) is 12.8. The normalized spacial score (nSPS) is 17.9. The summed E-state index contributed by atoms with van der Waals surface area (Å²) in [6.07, 6.45) is -1.21. The van der Waals surface area contributed by atoms with Crippen LogP contribution in [0.2, 0.25) is 10.0 Å². The number of hydrogen-bond acceptors (Lipinski definition) is 6. The van der Waals surface area contributed by atoms with Crippen molar-refractivity contribution in [3.05, 3.63) is 70.2 Å². The number of anilines is 2. The monoisotopic (exact) mass is 533 g/mol. The molecule has 2 fully saturated rings. The van der Waals surface area contributed by atoms with Gasteiger partial charge in [0.2, 0.25) is 0 Å². The lowest BCUT2D eigenvalue weighted by Crippen LogP contribution is -2.37. The van der Waals surface area contributed by atoms with Crippen LogP contribution in [0.1, 0.15) is 10.6 Å². The highest BCUT2D eigenvalue weighted by atomic mass is 35.5. The van der Waals surface area contributed by atoms with Gasteiger partial charge in [0.25, 0.3) is 5.91 Å². The van der Waals surface area contributed by atoms with E-state index in [4.69, 9.17) is 37.1 Å². The Morgan fingerprint density at radius 1 is 1.08 bits per heavy atom. The van der Waals surface area contributed by atoms with E-state index in [1.165, 1.54) is 17.0 Å². The van der Waals surface area contributed by atoms with Crippen LogP contribution in [0.25, 0.3) is 11.3 Å². The van der Waals surface area contributed by atoms with Crippen molar-refractivity contribution in [2.75, 3.05) is 49.2 Å². The van der Waals surface area contributed by atoms with Crippen molar-refractivity contribution >= 4 is 46.6 Å². The van der Waals surface area contributed by atoms with Gasteiger partial charge in [-0.05, 0) is 48.5 Å². The molecule has 1 atom stereocenters. The zero-order chi connectivity index (χ0) is 25.2. The van der Waals surface area contributed by atoms with Crippen LogP contribution >= 0.6 is 23.2 Å². The van der Waals surface area contributed by atoms with Crippen LogP contribution in [0, 0.1) is 5.82 Å². The van der Waals surface area contributed by atoms with Crippen LogP contribution in [0.3, 0.4) is 0 Å². The number of cyclic esters (lactones) is 1. The summed E-state index contributed by atoms with van der Waals surface area (Å²) in [4.78, 5) is 28.2. The average molecular weight is 534 g/mol. The Labute approximate surface area is 216 Å². The molecule has 3 heterocycles. The molecule has 36 heavy (non-hydrogen) atoms. The van der Waals surface area contributed by atoms with Gasteiger partial charge in [-0.15, -0.1) is 0 Å². The van der Waals surface area contributed by atoms with Crippen LogP contribution in [0.5, 0.6) is 0 Å². The van der Waals surface area contributed by atoms with Gasteiger partial charge in [0.05, 0.1) is 42.7 Å². The highest BCUT2D eigenvalue weighted by molar-refractivity contribution is 6.36. The van der Waals surface area contributed by atoms with Crippen molar-refractivity contribution in [1.29, 1.82) is 0 Å². The molecule has 2 aliphatic heterocycles. The highest BCUT2D eigenvalue weighted by Crippen LogP contribution is 2.32. The summed E-state index contributed by atoms with van der Waals surface area (Å²) in [7, 11) is 0. The predicted molar refractivity (Wildman–Crippen MR) is 134 cm³/mol. The second-order valence-corrected chi connectivity index (χ2v) is 9.19. The van der Waals surface area contributed by atoms with Crippen LogP contribution in [-0.2, 0) is 9.47 Å². The number of carbonyl (C=O) groups is 2. The number of rotatable bonds is 6. The molecule has 0 spiro atoms. The first-order chi connectivity index (χ1) is 17.4. The molecule has 1 aromatic heterocycles. The molecule has 11 heteroatoms. The molecule has 1 N–H and O–H groups in total. The van der Waals surface area contributed by atoms with E-state index in [1.807, 2.05) is 4.90 Å². The lowest BCUT2D eigenvalue weighted by molar-refractivity contribution is 0.0890. The Morgan fingerprint density at radius 3 is 2.64 bits per heavy atom. The molecule has 188 valence electrons. The highest BCUT2D eigenvalue weighted by Gasteiger charge is 2.33. The van der Waals surface area contributed by atoms with Crippen molar-refractivity contribution in [3.8, 4) is 11.3 Å². The molecule has 0 radical (unpaired) electrons. The molecular formula is C25H22Cl2FN3O5. The summed E-state index contributed by atoms with van der Waals surface area (Å²) >= 11 is 12.1. The number of halogens is 3. The molecule has 2 saturated heterocycles. The minimum atomic E-state index is -0.608. The van der Waals surface area contributed by atoms with E-state index in [0.717, 1.165) is 0 Å². The largest absolute Gasteiger partial charge is 0.451 e. The zero-order valence-corrected chi connectivity index (χ0v) is 20.5. The second-order valence-electron chi connectivity index (χ2n) is 8.35. The maximum Gasteiger partial charge on any atom is 0.414 e. The van der Waals surface area contributed by atoms with Crippen molar-refractivity contribution < 1.29 is 27.9 Å². The molecule has 3 aromatic rings. The fraction of sp³-hybridized carbons (Fsp3) is 0.280. The van der Waals surface area contributed by atoms with E-state index in [9.17, 15) is 14.0 Å². The number of furan rings is 1. The second kappa shape index (κ2) is 10.4. The van der Waals surface area contributed by atoms with Crippen molar-refractivity contribution in [2.24, 2.45) is 0 Å². The Kier molecular flexibility index (Phi) is 7.04. The maximum absolute atomic E-state index is 14.8. The molecule has 0 saturated carbocycles. The van der Waals surface area contributed by atoms with E-state index >= 15 is 0 Å². The minimum Gasteiger partial charge on any atom is -0.451 e. The molecule has 0 unspecified atom stereocenters. The summed E-state index contributed by atoms with van der Waals surface area (Å²) in [5.41, 5.74) is 1.46. The van der Waals surface area contributed by atoms with Crippen molar-refractivity contribution in [1.82, 2.24) is 5.32 Å². The number of carbonyl (C=O) groups excluding carboxylic acids is 2. The molecule has 0 aliphatic carbocycles. The zero-order valence-electron chi connectivity index (χ0n) is 19.0. The van der Waals surface area contributed by atoms with Crippen LogP contribution in [-0.4, -0.2) is 57.5 Å². The lowest BCUT2D eigenvalue weighted by atomic mass is 10.2. The van der Waals surface area contributed by atoms with E-state index in [1.54, 1.807) is 36.4 Å². The fourth-order valence-corrected chi connectivity index (χ4v) is 4.65. The average Bonchev–Trinajstić information content (AvgIpc) is 3.50. The Bertz CT molecular complexity index is 1290. The SMILES string of the molecule is O=C(NC[C@H]1CN(c2ccc(N3CCOCC3)c(F)c2)C(=O)O1)c1ccc(-c2ccc(Cl)cc2Cl)o1. The van der Waals surface area contributed by atoms with Gasteiger partial charge in [-0.1, -0.05) is 23.2 Å². The lowest BCUT2D eigenvalue weighted by Gasteiger charge is -2.29. The molecule has 2 aromatic carbocycles. The Morgan fingerprint density at radius 2 is 1.89 bits per heavy atom. The van der Waals surface area contributed by atoms with Crippen LogP contribution in [0.4, 0.5) is 20.6 Å². The first kappa shape index (κ1) is 24.4. The summed E-state index contributed by atoms with van der Waals surface area (Å²) in [6.45, 7) is 2.52. The van der Waals surface area contributed by atoms with Crippen LogP contribution in [0.15, 0.2) is 52.9 Å². The van der Waals surface area contributed by atoms with Gasteiger partial charge >= 0.3 is 6.09 Å². The van der Waals surface area contributed by atoms with E-state index in [0.29, 0.717) is 59.0 Å².